The molecule has 0 aliphatic carbocycles. The molecular weight excluding hydrogens is 362 g/mol. The topological polar surface area (TPSA) is 0 Å². The van der Waals surface area contributed by atoms with Gasteiger partial charge in [-0.1, -0.05) is 0 Å². The molecule has 27 heavy (non-hydrogen) atoms. The second kappa shape index (κ2) is 21.6. The summed E-state index contributed by atoms with van der Waals surface area (Å²) in [6.07, 6.45) is 31.7. The summed E-state index contributed by atoms with van der Waals surface area (Å²) in [7, 11) is 1.29. The normalized spacial score (nSPS) is 13.0. The molecule has 0 amide bonds. The first-order valence-electron chi connectivity index (χ1n) is 12.9. The van der Waals surface area contributed by atoms with Crippen LogP contribution in [0.5, 0.6) is 0 Å². The Hall–Kier alpha value is 0.860. The van der Waals surface area contributed by atoms with E-state index in [9.17, 15) is 0 Å². The Labute approximate surface area is 176 Å². The van der Waals surface area contributed by atoms with Crippen LogP contribution in [-0.2, 0) is 0 Å². The van der Waals surface area contributed by atoms with Crippen molar-refractivity contribution in [2.24, 2.45) is 0 Å². The standard InChI is InChI=1S/C25H56P2/c1-5-8-11-14-17-20-23-27(26-4,24-21-18-15-12-9-6-2)25-22-19-16-13-10-7-3/h26-27H,5-25H2,1-4H3. The fraction of sp³-hybridized carbons (Fsp3) is 1.00. The Kier molecular flexibility index (Phi) is 22.3. The van der Waals surface area contributed by atoms with Crippen molar-refractivity contribution in [3.63, 3.8) is 0 Å². The van der Waals surface area contributed by atoms with Crippen LogP contribution in [0.1, 0.15) is 136 Å². The summed E-state index contributed by atoms with van der Waals surface area (Å²) < 4.78 is 0. The molecule has 0 aromatic rings. The molecule has 0 rings (SSSR count). The van der Waals surface area contributed by atoms with E-state index in [2.05, 4.69) is 27.4 Å². The van der Waals surface area contributed by atoms with E-state index < -0.39 is 6.95 Å². The second-order valence-corrected chi connectivity index (χ2v) is 18.3. The van der Waals surface area contributed by atoms with Crippen molar-refractivity contribution in [1.82, 2.24) is 0 Å². The maximum absolute atomic E-state index is 2.58. The number of hydrogen-bond acceptors (Lipinski definition) is 0. The van der Waals surface area contributed by atoms with Gasteiger partial charge in [-0.05, 0) is 0 Å². The Balaban J connectivity index is 4.23. The van der Waals surface area contributed by atoms with Gasteiger partial charge in [0.15, 0.2) is 0 Å². The van der Waals surface area contributed by atoms with Gasteiger partial charge in [-0.2, -0.15) is 0 Å². The molecule has 0 saturated carbocycles. The summed E-state index contributed by atoms with van der Waals surface area (Å²) in [5, 5.41) is 0. The Bertz CT molecular complexity index is 237. The molecule has 1 atom stereocenters. The Morgan fingerprint density at radius 1 is 0.407 bits per heavy atom. The molecular formula is C25H56P2. The van der Waals surface area contributed by atoms with Crippen molar-refractivity contribution in [1.29, 1.82) is 0 Å². The monoisotopic (exact) mass is 418 g/mol. The third-order valence-corrected chi connectivity index (χ3v) is 17.0. The molecule has 0 aliphatic heterocycles. The van der Waals surface area contributed by atoms with E-state index in [1.165, 1.54) is 105 Å². The summed E-state index contributed by atoms with van der Waals surface area (Å²) >= 11 is 0. The number of hydrogen-bond donors (Lipinski definition) is 0. The summed E-state index contributed by atoms with van der Waals surface area (Å²) in [5.74, 6) is 0. The first-order valence-corrected chi connectivity index (χ1v) is 18.1. The van der Waals surface area contributed by atoms with Crippen molar-refractivity contribution >= 4 is 15.2 Å². The molecule has 0 aromatic heterocycles. The molecule has 2 heteroatoms. The predicted octanol–water partition coefficient (Wildman–Crippen LogP) is 10.0. The molecule has 0 N–H and O–H groups in total. The van der Waals surface area contributed by atoms with Gasteiger partial charge in [-0.25, -0.2) is 0 Å². The van der Waals surface area contributed by atoms with Crippen LogP contribution in [-0.4, -0.2) is 25.2 Å². The van der Waals surface area contributed by atoms with E-state index in [1.807, 2.05) is 0 Å². The average Bonchev–Trinajstić information content (AvgIpc) is 2.69. The van der Waals surface area contributed by atoms with E-state index in [1.54, 1.807) is 37.7 Å². The number of rotatable bonds is 22. The van der Waals surface area contributed by atoms with Gasteiger partial charge in [0.1, 0.15) is 0 Å². The Morgan fingerprint density at radius 3 is 0.926 bits per heavy atom. The van der Waals surface area contributed by atoms with Crippen LogP contribution in [0.2, 0.25) is 0 Å². The predicted molar refractivity (Wildman–Crippen MR) is 137 cm³/mol. The summed E-state index contributed by atoms with van der Waals surface area (Å²) in [4.78, 5) is 0. The quantitative estimate of drug-likeness (QED) is 0.121. The molecule has 0 aromatic carbocycles. The summed E-state index contributed by atoms with van der Waals surface area (Å²) in [6.45, 7) is 8.63. The first-order chi connectivity index (χ1) is 13.2. The molecule has 0 spiro atoms. The molecule has 166 valence electrons. The van der Waals surface area contributed by atoms with E-state index in [-0.39, 0.29) is 0 Å². The van der Waals surface area contributed by atoms with Crippen LogP contribution in [0.4, 0.5) is 0 Å². The molecule has 0 saturated heterocycles. The third kappa shape index (κ3) is 17.4. The molecule has 0 nitrogen and oxygen atoms in total. The average molecular weight is 419 g/mol. The molecule has 0 radical (unpaired) electrons. The fourth-order valence-corrected chi connectivity index (χ4v) is 12.6. The molecule has 0 bridgehead atoms. The fourth-order valence-electron chi connectivity index (χ4n) is 4.48. The zero-order chi connectivity index (χ0) is 20.1. The van der Waals surface area contributed by atoms with Gasteiger partial charge in [0, 0.05) is 0 Å². The minimum atomic E-state index is -0.947. The van der Waals surface area contributed by atoms with Crippen LogP contribution in [0, 0.1) is 0 Å². The maximum atomic E-state index is 2.58. The van der Waals surface area contributed by atoms with Gasteiger partial charge in [-0.15, -0.1) is 0 Å². The van der Waals surface area contributed by atoms with Gasteiger partial charge < -0.3 is 0 Å². The molecule has 0 aliphatic rings. The van der Waals surface area contributed by atoms with Crippen molar-refractivity contribution in [2.45, 2.75) is 136 Å². The summed E-state index contributed by atoms with van der Waals surface area (Å²) in [5.41, 5.74) is 0. The van der Waals surface area contributed by atoms with E-state index in [4.69, 9.17) is 0 Å². The van der Waals surface area contributed by atoms with Gasteiger partial charge in [0.05, 0.1) is 0 Å². The van der Waals surface area contributed by atoms with Gasteiger partial charge in [-0.3, -0.25) is 0 Å². The van der Waals surface area contributed by atoms with E-state index >= 15 is 0 Å². The van der Waals surface area contributed by atoms with Crippen LogP contribution in [0.15, 0.2) is 0 Å². The van der Waals surface area contributed by atoms with Crippen molar-refractivity contribution in [3.8, 4) is 0 Å². The van der Waals surface area contributed by atoms with Gasteiger partial charge in [0.25, 0.3) is 0 Å². The second-order valence-electron chi connectivity index (χ2n) is 9.08. The number of unbranched alkanes of at least 4 members (excludes halogenated alkanes) is 15. The van der Waals surface area contributed by atoms with Crippen molar-refractivity contribution in [2.75, 3.05) is 25.2 Å². The van der Waals surface area contributed by atoms with E-state index in [0.717, 1.165) is 0 Å². The van der Waals surface area contributed by atoms with Crippen molar-refractivity contribution < 1.29 is 0 Å². The van der Waals surface area contributed by atoms with Gasteiger partial charge in [0.2, 0.25) is 0 Å². The molecule has 0 heterocycles. The zero-order valence-electron chi connectivity index (χ0n) is 19.8. The molecule has 0 fully saturated rings. The molecule has 1 unspecified atom stereocenters. The van der Waals surface area contributed by atoms with Crippen LogP contribution < -0.4 is 0 Å². The van der Waals surface area contributed by atoms with Crippen LogP contribution >= 0.6 is 15.2 Å². The summed E-state index contributed by atoms with van der Waals surface area (Å²) in [6, 6.07) is 0. The van der Waals surface area contributed by atoms with E-state index in [0.29, 0.717) is 0 Å². The van der Waals surface area contributed by atoms with Gasteiger partial charge >= 0.3 is 177 Å². The van der Waals surface area contributed by atoms with Crippen LogP contribution in [0.3, 0.4) is 0 Å². The Morgan fingerprint density at radius 2 is 0.667 bits per heavy atom. The van der Waals surface area contributed by atoms with Crippen molar-refractivity contribution in [3.05, 3.63) is 0 Å². The SMILES string of the molecule is CCCCCCCC[PH](CCCCCCCC)(CCCCCCCC)PC. The third-order valence-electron chi connectivity index (χ3n) is 6.56. The van der Waals surface area contributed by atoms with Crippen LogP contribution in [0.25, 0.3) is 0 Å². The minimum absolute atomic E-state index is 0.947. The zero-order valence-corrected chi connectivity index (χ0v) is 21.8. The first kappa shape index (κ1) is 27.9.